The predicted molar refractivity (Wildman–Crippen MR) is 129 cm³/mol. The van der Waals surface area contributed by atoms with Gasteiger partial charge >= 0.3 is 12.3 Å². The number of hydrogen-bond donors (Lipinski definition) is 1. The molecule has 4 aromatic rings. The molecule has 4 rings (SSSR count). The summed E-state index contributed by atoms with van der Waals surface area (Å²) in [5.41, 5.74) is 2.72. The van der Waals surface area contributed by atoms with Crippen molar-refractivity contribution in [2.24, 2.45) is 0 Å². The third-order valence-electron chi connectivity index (χ3n) is 5.63. The zero-order valence-electron chi connectivity index (χ0n) is 18.6. The van der Waals surface area contributed by atoms with E-state index >= 15 is 0 Å². The maximum absolute atomic E-state index is 13.0. The summed E-state index contributed by atoms with van der Waals surface area (Å²) in [6, 6.07) is 17.0. The van der Waals surface area contributed by atoms with Crippen LogP contribution in [0.25, 0.3) is 21.9 Å². The minimum Gasteiger partial charge on any atom is -0.481 e. The molecule has 0 bridgehead atoms. The van der Waals surface area contributed by atoms with Gasteiger partial charge in [-0.05, 0) is 88.5 Å². The second kappa shape index (κ2) is 9.48. The molecule has 4 aromatic carbocycles. The molecule has 186 valence electrons. The lowest BCUT2D eigenvalue weighted by Gasteiger charge is -2.16. The fraction of sp³-hybridized carbons (Fsp3) is 0.115. The number of rotatable bonds is 6. The van der Waals surface area contributed by atoms with E-state index in [-0.39, 0.29) is 16.2 Å². The summed E-state index contributed by atoms with van der Waals surface area (Å²) in [5.74, 6) is -1.51. The van der Waals surface area contributed by atoms with E-state index in [4.69, 9.17) is 11.6 Å². The lowest BCUT2D eigenvalue weighted by Crippen LogP contribution is -2.17. The van der Waals surface area contributed by atoms with E-state index in [9.17, 15) is 31.5 Å². The third-order valence-corrected chi connectivity index (χ3v) is 7.65. The van der Waals surface area contributed by atoms with Crippen LogP contribution in [0.2, 0.25) is 5.02 Å². The van der Waals surface area contributed by atoms with E-state index in [1.165, 1.54) is 12.1 Å². The third kappa shape index (κ3) is 5.32. The number of carbonyl (C=O) groups is 1. The van der Waals surface area contributed by atoms with Crippen LogP contribution in [0.1, 0.15) is 11.1 Å². The van der Waals surface area contributed by atoms with Crippen LogP contribution >= 0.6 is 11.6 Å². The van der Waals surface area contributed by atoms with Gasteiger partial charge in [-0.15, -0.1) is 13.2 Å². The maximum Gasteiger partial charge on any atom is 0.573 e. The van der Waals surface area contributed by atoms with E-state index in [1.54, 1.807) is 43.3 Å². The van der Waals surface area contributed by atoms with Gasteiger partial charge in [-0.2, -0.15) is 0 Å². The van der Waals surface area contributed by atoms with Gasteiger partial charge in [0.1, 0.15) is 5.75 Å². The van der Waals surface area contributed by atoms with Gasteiger partial charge < -0.3 is 9.84 Å². The van der Waals surface area contributed by atoms with Gasteiger partial charge in [0.05, 0.1) is 16.2 Å². The summed E-state index contributed by atoms with van der Waals surface area (Å²) >= 11 is 6.21. The van der Waals surface area contributed by atoms with Crippen molar-refractivity contribution in [1.29, 1.82) is 0 Å². The first-order chi connectivity index (χ1) is 16.8. The molecular weight excluding hydrogens is 517 g/mol. The monoisotopic (exact) mass is 534 g/mol. The molecule has 0 fully saturated rings. The van der Waals surface area contributed by atoms with Gasteiger partial charge in [-0.25, -0.2) is 8.42 Å². The molecule has 0 aliphatic heterocycles. The maximum atomic E-state index is 13.0. The molecule has 0 aliphatic rings. The summed E-state index contributed by atoms with van der Waals surface area (Å²) in [6.07, 6.45) is -5.07. The molecule has 0 heterocycles. The van der Waals surface area contributed by atoms with Crippen molar-refractivity contribution >= 4 is 38.2 Å². The topological polar surface area (TPSA) is 80.7 Å². The van der Waals surface area contributed by atoms with E-state index < -0.39 is 27.9 Å². The molecule has 0 atom stereocenters. The standard InChI is InChI=1S/C26H18ClF3O5S/c1-15-18(13-24(31)32)12-17-2-5-19(27)14-23(17)25(15)16-3-8-21(9-4-16)36(33,34)22-10-6-20(7-11-22)35-26(28,29)30/h2-12,14H,13H2,1H3,(H,31,32). The molecule has 0 spiro atoms. The highest BCUT2D eigenvalue weighted by Crippen LogP contribution is 2.37. The lowest BCUT2D eigenvalue weighted by molar-refractivity contribution is -0.274. The van der Waals surface area contributed by atoms with Gasteiger partial charge in [0.25, 0.3) is 0 Å². The molecular formula is C26H18ClF3O5S. The van der Waals surface area contributed by atoms with Crippen LogP contribution in [0.5, 0.6) is 5.75 Å². The summed E-state index contributed by atoms with van der Waals surface area (Å²) in [7, 11) is -4.02. The van der Waals surface area contributed by atoms with Gasteiger partial charge in [0.15, 0.2) is 0 Å². The molecule has 0 amide bonds. The quantitative estimate of drug-likeness (QED) is 0.293. The first-order valence-corrected chi connectivity index (χ1v) is 12.4. The van der Waals surface area contributed by atoms with Crippen molar-refractivity contribution in [2.45, 2.75) is 29.5 Å². The van der Waals surface area contributed by atoms with Gasteiger partial charge in [0.2, 0.25) is 9.84 Å². The Bertz CT molecular complexity index is 1560. The first kappa shape index (κ1) is 25.5. The van der Waals surface area contributed by atoms with Crippen molar-refractivity contribution in [3.05, 3.63) is 88.9 Å². The average molecular weight is 535 g/mol. The van der Waals surface area contributed by atoms with Crippen LogP contribution in [0.4, 0.5) is 13.2 Å². The summed E-state index contributed by atoms with van der Waals surface area (Å²) < 4.78 is 67.0. The minimum atomic E-state index is -4.88. The largest absolute Gasteiger partial charge is 0.573 e. The molecule has 0 radical (unpaired) electrons. The summed E-state index contributed by atoms with van der Waals surface area (Å²) in [5, 5.41) is 11.4. The second-order valence-corrected chi connectivity index (χ2v) is 10.4. The number of halogens is 4. The Morgan fingerprint density at radius 2 is 1.53 bits per heavy atom. The van der Waals surface area contributed by atoms with Crippen molar-refractivity contribution in [1.82, 2.24) is 0 Å². The highest BCUT2D eigenvalue weighted by molar-refractivity contribution is 7.91. The van der Waals surface area contributed by atoms with Crippen LogP contribution in [0, 0.1) is 6.92 Å². The Kier molecular flexibility index (Phi) is 6.72. The first-order valence-electron chi connectivity index (χ1n) is 10.5. The van der Waals surface area contributed by atoms with E-state index in [1.807, 2.05) is 0 Å². The zero-order valence-corrected chi connectivity index (χ0v) is 20.2. The molecule has 1 N–H and O–H groups in total. The van der Waals surface area contributed by atoms with Crippen LogP contribution in [0.15, 0.2) is 82.6 Å². The number of alkyl halides is 3. The van der Waals surface area contributed by atoms with Gasteiger partial charge in [-0.1, -0.05) is 35.9 Å². The number of carboxylic acid groups (broad SMARTS) is 1. The van der Waals surface area contributed by atoms with Crippen molar-refractivity contribution < 1.29 is 36.2 Å². The Hall–Kier alpha value is -3.56. The zero-order chi connectivity index (χ0) is 26.3. The molecule has 36 heavy (non-hydrogen) atoms. The number of fused-ring (bicyclic) bond motifs is 1. The SMILES string of the molecule is Cc1c(CC(=O)O)cc2ccc(Cl)cc2c1-c1ccc(S(=O)(=O)c2ccc(OC(F)(F)F)cc2)cc1. The van der Waals surface area contributed by atoms with Crippen LogP contribution in [0.3, 0.4) is 0 Å². The number of sulfone groups is 1. The summed E-state index contributed by atoms with van der Waals surface area (Å²) in [4.78, 5) is 11.1. The Morgan fingerprint density at radius 1 is 0.944 bits per heavy atom. The fourth-order valence-corrected chi connectivity index (χ4v) is 5.44. The smallest absolute Gasteiger partial charge is 0.481 e. The van der Waals surface area contributed by atoms with Crippen LogP contribution < -0.4 is 4.74 Å². The Labute approximate surface area is 209 Å². The number of carboxylic acids is 1. The Morgan fingerprint density at radius 3 is 2.08 bits per heavy atom. The molecule has 0 saturated carbocycles. The van der Waals surface area contributed by atoms with Crippen molar-refractivity contribution in [3.63, 3.8) is 0 Å². The van der Waals surface area contributed by atoms with Crippen molar-refractivity contribution in [2.75, 3.05) is 0 Å². The second-order valence-electron chi connectivity index (χ2n) is 8.02. The predicted octanol–water partition coefficient (Wildman–Crippen LogP) is 6.83. The molecule has 0 aromatic heterocycles. The number of hydrogen-bond acceptors (Lipinski definition) is 4. The van der Waals surface area contributed by atoms with E-state index in [0.717, 1.165) is 46.2 Å². The Balaban J connectivity index is 1.75. The molecule has 5 nitrogen and oxygen atoms in total. The highest BCUT2D eigenvalue weighted by Gasteiger charge is 2.31. The van der Waals surface area contributed by atoms with Crippen molar-refractivity contribution in [3.8, 4) is 16.9 Å². The molecule has 10 heteroatoms. The van der Waals surface area contributed by atoms with E-state index in [2.05, 4.69) is 4.74 Å². The molecule has 0 aliphatic carbocycles. The summed E-state index contributed by atoms with van der Waals surface area (Å²) in [6.45, 7) is 1.79. The molecule has 0 saturated heterocycles. The van der Waals surface area contributed by atoms with E-state index in [0.29, 0.717) is 16.1 Å². The minimum absolute atomic E-state index is 0.0579. The normalized spacial score (nSPS) is 12.0. The van der Waals surface area contributed by atoms with Gasteiger partial charge in [0, 0.05) is 5.02 Å². The van der Waals surface area contributed by atoms with Crippen LogP contribution in [-0.4, -0.2) is 25.9 Å². The van der Waals surface area contributed by atoms with Crippen LogP contribution in [-0.2, 0) is 21.1 Å². The number of aliphatic carboxylic acids is 1. The van der Waals surface area contributed by atoms with Gasteiger partial charge in [-0.3, -0.25) is 4.79 Å². The molecule has 0 unspecified atom stereocenters. The lowest BCUT2D eigenvalue weighted by atomic mass is 9.89. The highest BCUT2D eigenvalue weighted by atomic mass is 35.5. The number of benzene rings is 4. The average Bonchev–Trinajstić information content (AvgIpc) is 2.79. The fourth-order valence-electron chi connectivity index (χ4n) is 4.01. The number of ether oxygens (including phenoxy) is 1.